The summed E-state index contributed by atoms with van der Waals surface area (Å²) in [7, 11) is 0. The van der Waals surface area contributed by atoms with E-state index in [0.717, 1.165) is 18.9 Å². The van der Waals surface area contributed by atoms with Gasteiger partial charge in [0, 0.05) is 18.6 Å². The van der Waals surface area contributed by atoms with Gasteiger partial charge in [-0.05, 0) is 12.3 Å². The number of rotatable bonds is 10. The van der Waals surface area contributed by atoms with Crippen LogP contribution < -0.4 is 11.1 Å². The molecule has 2 rings (SSSR count). The summed E-state index contributed by atoms with van der Waals surface area (Å²) in [6.07, 6.45) is 19.3. The van der Waals surface area contributed by atoms with Crippen molar-refractivity contribution in [3.63, 3.8) is 0 Å². The zero-order valence-corrected chi connectivity index (χ0v) is 14.4. The Morgan fingerprint density at radius 2 is 1.41 bits per heavy atom. The van der Waals surface area contributed by atoms with Crippen molar-refractivity contribution in [1.82, 2.24) is 5.32 Å². The molecule has 1 aliphatic carbocycles. The Morgan fingerprint density at radius 1 is 0.818 bits per heavy atom. The fourth-order valence-electron chi connectivity index (χ4n) is 4.26. The van der Waals surface area contributed by atoms with Crippen molar-refractivity contribution >= 4 is 0 Å². The zero-order valence-electron chi connectivity index (χ0n) is 14.4. The highest BCUT2D eigenvalue weighted by Gasteiger charge is 2.30. The van der Waals surface area contributed by atoms with Gasteiger partial charge in [-0.1, -0.05) is 83.5 Å². The molecule has 0 aromatic rings. The Morgan fingerprint density at radius 3 is 2.00 bits per heavy atom. The van der Waals surface area contributed by atoms with E-state index in [4.69, 9.17) is 5.73 Å². The minimum atomic E-state index is -0.334. The summed E-state index contributed by atoms with van der Waals surface area (Å²) in [6, 6.07) is 0.180. The third kappa shape index (κ3) is 6.55. The average molecular weight is 311 g/mol. The second kappa shape index (κ2) is 10.6. The minimum Gasteiger partial charge on any atom is -0.390 e. The third-order valence-corrected chi connectivity index (χ3v) is 5.82. The lowest BCUT2D eigenvalue weighted by Crippen LogP contribution is -2.37. The summed E-state index contributed by atoms with van der Waals surface area (Å²) in [5.74, 6) is 1.06. The Bertz CT molecular complexity index is 279. The maximum Gasteiger partial charge on any atom is 0.0856 e. The van der Waals surface area contributed by atoms with Gasteiger partial charge in [-0.15, -0.1) is 0 Å². The van der Waals surface area contributed by atoms with Crippen LogP contribution in [-0.4, -0.2) is 29.8 Å². The monoisotopic (exact) mass is 310 g/mol. The van der Waals surface area contributed by atoms with E-state index in [9.17, 15) is 5.11 Å². The molecule has 3 atom stereocenters. The Labute approximate surface area is 137 Å². The van der Waals surface area contributed by atoms with Crippen molar-refractivity contribution < 1.29 is 5.11 Å². The SMILES string of the molecule is N[C@H]1CN[C@H](CCCCCCCCCC2CCCCC2)[C@H]1O. The standard InChI is InChI=1S/C19H38N2O/c20-17-15-21-18(19(17)22)14-10-5-3-1-2-4-7-11-16-12-8-6-9-13-16/h16-19,21-22H,1-15,20H2/t17-,18+,19-/m0/s1. The van der Waals surface area contributed by atoms with Gasteiger partial charge in [-0.2, -0.15) is 0 Å². The molecule has 2 fully saturated rings. The molecule has 0 radical (unpaired) electrons. The number of hydrogen-bond donors (Lipinski definition) is 3. The Balaban J connectivity index is 1.34. The molecule has 1 saturated heterocycles. The molecule has 130 valence electrons. The molecular weight excluding hydrogens is 272 g/mol. The number of nitrogens with two attached hydrogens (primary N) is 1. The van der Waals surface area contributed by atoms with Gasteiger partial charge in [-0.25, -0.2) is 0 Å². The van der Waals surface area contributed by atoms with E-state index in [1.807, 2.05) is 0 Å². The lowest BCUT2D eigenvalue weighted by Gasteiger charge is -2.21. The molecule has 0 unspecified atom stereocenters. The van der Waals surface area contributed by atoms with Crippen LogP contribution in [0, 0.1) is 5.92 Å². The minimum absolute atomic E-state index is 0.0610. The summed E-state index contributed by atoms with van der Waals surface area (Å²) in [4.78, 5) is 0. The van der Waals surface area contributed by atoms with Gasteiger partial charge in [-0.3, -0.25) is 0 Å². The van der Waals surface area contributed by atoms with Crippen LogP contribution >= 0.6 is 0 Å². The van der Waals surface area contributed by atoms with Gasteiger partial charge in [0.1, 0.15) is 0 Å². The van der Waals surface area contributed by atoms with Crippen LogP contribution in [-0.2, 0) is 0 Å². The first kappa shape index (κ1) is 18.2. The van der Waals surface area contributed by atoms with Gasteiger partial charge >= 0.3 is 0 Å². The summed E-state index contributed by atoms with van der Waals surface area (Å²) in [6.45, 7) is 0.771. The van der Waals surface area contributed by atoms with Crippen molar-refractivity contribution in [2.45, 2.75) is 108 Å². The highest BCUT2D eigenvalue weighted by molar-refractivity contribution is 4.92. The molecule has 0 spiro atoms. The van der Waals surface area contributed by atoms with Crippen LogP contribution in [0.1, 0.15) is 89.9 Å². The topological polar surface area (TPSA) is 58.3 Å². The first-order valence-electron chi connectivity index (χ1n) is 9.94. The van der Waals surface area contributed by atoms with Crippen molar-refractivity contribution in [2.75, 3.05) is 6.54 Å². The molecule has 4 N–H and O–H groups in total. The second-order valence-corrected chi connectivity index (χ2v) is 7.73. The van der Waals surface area contributed by atoms with E-state index in [-0.39, 0.29) is 18.2 Å². The van der Waals surface area contributed by atoms with E-state index >= 15 is 0 Å². The molecule has 0 amide bonds. The Kier molecular flexibility index (Phi) is 8.79. The summed E-state index contributed by atoms with van der Waals surface area (Å²) >= 11 is 0. The first-order valence-corrected chi connectivity index (χ1v) is 9.94. The lowest BCUT2D eigenvalue weighted by atomic mass is 9.85. The van der Waals surface area contributed by atoms with Gasteiger partial charge in [0.2, 0.25) is 0 Å². The summed E-state index contributed by atoms with van der Waals surface area (Å²) in [5, 5.41) is 13.2. The van der Waals surface area contributed by atoms with E-state index in [0.29, 0.717) is 0 Å². The second-order valence-electron chi connectivity index (χ2n) is 7.73. The van der Waals surface area contributed by atoms with Crippen LogP contribution in [0.4, 0.5) is 0 Å². The van der Waals surface area contributed by atoms with Crippen molar-refractivity contribution in [3.8, 4) is 0 Å². The third-order valence-electron chi connectivity index (χ3n) is 5.82. The predicted octanol–water partition coefficient (Wildman–Crippen LogP) is 3.74. The Hall–Kier alpha value is -0.120. The van der Waals surface area contributed by atoms with Crippen molar-refractivity contribution in [3.05, 3.63) is 0 Å². The maximum atomic E-state index is 9.88. The van der Waals surface area contributed by atoms with Gasteiger partial charge < -0.3 is 16.2 Å². The summed E-state index contributed by atoms with van der Waals surface area (Å²) in [5.41, 5.74) is 5.81. The molecule has 1 saturated carbocycles. The first-order chi connectivity index (χ1) is 10.8. The van der Waals surface area contributed by atoms with Gasteiger partial charge in [0.05, 0.1) is 6.10 Å². The largest absolute Gasteiger partial charge is 0.390 e. The lowest BCUT2D eigenvalue weighted by molar-refractivity contribution is 0.139. The molecule has 3 nitrogen and oxygen atoms in total. The smallest absolute Gasteiger partial charge is 0.0856 e. The van der Waals surface area contributed by atoms with E-state index in [1.165, 1.54) is 83.5 Å². The molecule has 1 aliphatic heterocycles. The number of aliphatic hydroxyl groups excluding tert-OH is 1. The predicted molar refractivity (Wildman–Crippen MR) is 93.9 cm³/mol. The van der Waals surface area contributed by atoms with E-state index in [2.05, 4.69) is 5.32 Å². The number of unbranched alkanes of at least 4 members (excludes halogenated alkanes) is 6. The number of aliphatic hydroxyl groups is 1. The number of nitrogens with one attached hydrogen (secondary N) is 1. The highest BCUT2D eigenvalue weighted by atomic mass is 16.3. The maximum absolute atomic E-state index is 9.88. The molecular formula is C19H38N2O. The molecule has 0 aromatic carbocycles. The van der Waals surface area contributed by atoms with Crippen molar-refractivity contribution in [2.24, 2.45) is 11.7 Å². The van der Waals surface area contributed by atoms with Gasteiger partial charge in [0.25, 0.3) is 0 Å². The zero-order chi connectivity index (χ0) is 15.6. The van der Waals surface area contributed by atoms with Crippen LogP contribution in [0.3, 0.4) is 0 Å². The molecule has 1 heterocycles. The van der Waals surface area contributed by atoms with Crippen LogP contribution in [0.2, 0.25) is 0 Å². The molecule has 2 aliphatic rings. The quantitative estimate of drug-likeness (QED) is 0.539. The summed E-state index contributed by atoms with van der Waals surface area (Å²) < 4.78 is 0. The van der Waals surface area contributed by atoms with E-state index < -0.39 is 0 Å². The molecule has 0 bridgehead atoms. The van der Waals surface area contributed by atoms with Crippen molar-refractivity contribution in [1.29, 1.82) is 0 Å². The fourth-order valence-corrected chi connectivity index (χ4v) is 4.26. The van der Waals surface area contributed by atoms with Crippen LogP contribution in [0.15, 0.2) is 0 Å². The fraction of sp³-hybridized carbons (Fsp3) is 1.00. The molecule has 0 aromatic heterocycles. The van der Waals surface area contributed by atoms with E-state index in [1.54, 1.807) is 0 Å². The van der Waals surface area contributed by atoms with Crippen LogP contribution in [0.25, 0.3) is 0 Å². The molecule has 22 heavy (non-hydrogen) atoms. The molecule has 3 heteroatoms. The average Bonchev–Trinajstić information content (AvgIpc) is 2.86. The highest BCUT2D eigenvalue weighted by Crippen LogP contribution is 2.28. The van der Waals surface area contributed by atoms with Crippen LogP contribution in [0.5, 0.6) is 0 Å². The number of hydrogen-bond acceptors (Lipinski definition) is 3. The van der Waals surface area contributed by atoms with Gasteiger partial charge in [0.15, 0.2) is 0 Å². The normalized spacial score (nSPS) is 30.0.